The zero-order chi connectivity index (χ0) is 24.3. The molecule has 1 aromatic carbocycles. The molecule has 0 spiro atoms. The Morgan fingerprint density at radius 1 is 0.969 bits per heavy atom. The van der Waals surface area contributed by atoms with E-state index in [9.17, 15) is 24.3 Å². The first-order valence-electron chi connectivity index (χ1n) is 10.9. The summed E-state index contributed by atoms with van der Waals surface area (Å²) in [5.74, 6) is -3.03. The smallest absolute Gasteiger partial charge is 0.364 e. The van der Waals surface area contributed by atoms with Gasteiger partial charge in [-0.1, -0.05) is 33.8 Å². The van der Waals surface area contributed by atoms with Crippen molar-refractivity contribution >= 4 is 23.9 Å². The van der Waals surface area contributed by atoms with Gasteiger partial charge in [0.2, 0.25) is 0 Å². The molecule has 2 N–H and O–H groups in total. The minimum atomic E-state index is -2.02. The average Bonchev–Trinajstić information content (AvgIpc) is 2.74. The predicted molar refractivity (Wildman–Crippen MR) is 116 cm³/mol. The quantitative estimate of drug-likeness (QED) is 0.263. The van der Waals surface area contributed by atoms with Crippen molar-refractivity contribution in [2.75, 3.05) is 0 Å². The SMILES string of the molecule is CCCC(=O)O[C@](Cc1ccc(OC(=O)CC)c(OC(=O)CC)c1)(NC(C)CC)C(=O)O. The van der Waals surface area contributed by atoms with Crippen molar-refractivity contribution in [3.8, 4) is 11.5 Å². The van der Waals surface area contributed by atoms with Crippen molar-refractivity contribution in [3.05, 3.63) is 23.8 Å². The standard InChI is InChI=1S/C23H33NO8/c1-6-10-21(27)32-23(22(28)29,24-15(5)7-2)14-16-11-12-17(30-19(25)8-3)18(13-16)31-20(26)9-4/h11-13,15,24H,6-10,14H2,1-5H3,(H,28,29)/t15?,23-/m0/s1. The fourth-order valence-corrected chi connectivity index (χ4v) is 2.75. The number of benzene rings is 1. The summed E-state index contributed by atoms with van der Waals surface area (Å²) in [5, 5.41) is 12.9. The number of carboxylic acid groups (broad SMARTS) is 1. The van der Waals surface area contributed by atoms with E-state index in [1.54, 1.807) is 27.7 Å². The number of hydrogen-bond acceptors (Lipinski definition) is 8. The van der Waals surface area contributed by atoms with Crippen LogP contribution in [0.25, 0.3) is 0 Å². The lowest BCUT2D eigenvalue weighted by Gasteiger charge is -2.33. The molecule has 32 heavy (non-hydrogen) atoms. The molecular formula is C23H33NO8. The molecule has 0 aliphatic rings. The summed E-state index contributed by atoms with van der Waals surface area (Å²) < 4.78 is 15.9. The maximum Gasteiger partial charge on any atom is 0.364 e. The largest absolute Gasteiger partial charge is 0.477 e. The predicted octanol–water partition coefficient (Wildman–Crippen LogP) is 3.37. The lowest BCUT2D eigenvalue weighted by Crippen LogP contribution is -2.59. The van der Waals surface area contributed by atoms with E-state index in [0.29, 0.717) is 18.4 Å². The van der Waals surface area contributed by atoms with Crippen LogP contribution in [0.3, 0.4) is 0 Å². The van der Waals surface area contributed by atoms with Crippen LogP contribution in [0.15, 0.2) is 18.2 Å². The van der Waals surface area contributed by atoms with Gasteiger partial charge in [0.05, 0.1) is 0 Å². The number of nitrogens with one attached hydrogen (secondary N) is 1. The van der Waals surface area contributed by atoms with Crippen molar-refractivity contribution in [3.63, 3.8) is 0 Å². The minimum Gasteiger partial charge on any atom is -0.477 e. The monoisotopic (exact) mass is 451 g/mol. The molecule has 0 heterocycles. The normalized spacial score (nSPS) is 13.5. The lowest BCUT2D eigenvalue weighted by molar-refractivity contribution is -0.184. The first kappa shape index (κ1) is 27.1. The fourth-order valence-electron chi connectivity index (χ4n) is 2.75. The zero-order valence-electron chi connectivity index (χ0n) is 19.4. The highest BCUT2D eigenvalue weighted by Crippen LogP contribution is 2.31. The van der Waals surface area contributed by atoms with Gasteiger partial charge in [-0.25, -0.2) is 4.79 Å². The molecule has 0 aliphatic carbocycles. The van der Waals surface area contributed by atoms with E-state index < -0.39 is 29.6 Å². The van der Waals surface area contributed by atoms with Crippen LogP contribution in [0.4, 0.5) is 0 Å². The van der Waals surface area contributed by atoms with Crippen LogP contribution < -0.4 is 14.8 Å². The lowest BCUT2D eigenvalue weighted by atomic mass is 10.00. The highest BCUT2D eigenvalue weighted by Gasteiger charge is 2.43. The summed E-state index contributed by atoms with van der Waals surface area (Å²) in [6.07, 6.45) is 1.16. The first-order valence-corrected chi connectivity index (χ1v) is 10.9. The van der Waals surface area contributed by atoms with Gasteiger partial charge in [-0.3, -0.25) is 19.7 Å². The molecule has 178 valence electrons. The molecule has 1 unspecified atom stereocenters. The third-order valence-corrected chi connectivity index (χ3v) is 4.67. The second-order valence-corrected chi connectivity index (χ2v) is 7.42. The summed E-state index contributed by atoms with van der Waals surface area (Å²) >= 11 is 0. The third kappa shape index (κ3) is 7.96. The Bertz CT molecular complexity index is 822. The third-order valence-electron chi connectivity index (χ3n) is 4.67. The molecule has 1 aromatic rings. The second-order valence-electron chi connectivity index (χ2n) is 7.42. The summed E-state index contributed by atoms with van der Waals surface area (Å²) in [5.41, 5.74) is -1.61. The van der Waals surface area contributed by atoms with Gasteiger partial charge < -0.3 is 19.3 Å². The molecule has 0 aromatic heterocycles. The number of aliphatic carboxylic acids is 1. The molecule has 1 rings (SSSR count). The van der Waals surface area contributed by atoms with E-state index in [1.165, 1.54) is 18.2 Å². The van der Waals surface area contributed by atoms with E-state index in [2.05, 4.69) is 5.32 Å². The van der Waals surface area contributed by atoms with Gasteiger partial charge in [-0.2, -0.15) is 0 Å². The highest BCUT2D eigenvalue weighted by molar-refractivity contribution is 5.82. The summed E-state index contributed by atoms with van der Waals surface area (Å²) in [6.45, 7) is 8.68. The Morgan fingerprint density at radius 3 is 2.06 bits per heavy atom. The number of carbonyl (C=O) groups excluding carboxylic acids is 3. The molecule has 2 atom stereocenters. The molecular weight excluding hydrogens is 418 g/mol. The maximum absolute atomic E-state index is 12.3. The number of carboxylic acids is 1. The van der Waals surface area contributed by atoms with Crippen molar-refractivity contribution in [1.82, 2.24) is 5.32 Å². The Morgan fingerprint density at radius 2 is 1.56 bits per heavy atom. The molecule has 9 heteroatoms. The highest BCUT2D eigenvalue weighted by atomic mass is 16.6. The number of esters is 3. The molecule has 0 fully saturated rings. The number of rotatable bonds is 13. The average molecular weight is 452 g/mol. The molecule has 0 aliphatic heterocycles. The summed E-state index contributed by atoms with van der Waals surface area (Å²) in [4.78, 5) is 48.1. The van der Waals surface area contributed by atoms with Gasteiger partial charge >= 0.3 is 23.9 Å². The molecule has 0 amide bonds. The van der Waals surface area contributed by atoms with Gasteiger partial charge in [-0.05, 0) is 37.5 Å². The number of hydrogen-bond donors (Lipinski definition) is 2. The van der Waals surface area contributed by atoms with Crippen LogP contribution in [0.2, 0.25) is 0 Å². The number of carbonyl (C=O) groups is 4. The van der Waals surface area contributed by atoms with E-state index in [1.807, 2.05) is 6.92 Å². The topological polar surface area (TPSA) is 128 Å². The van der Waals surface area contributed by atoms with E-state index in [-0.39, 0.29) is 43.2 Å². The summed E-state index contributed by atoms with van der Waals surface area (Å²) in [7, 11) is 0. The van der Waals surface area contributed by atoms with E-state index in [0.717, 1.165) is 0 Å². The Balaban J connectivity index is 3.40. The molecule has 9 nitrogen and oxygen atoms in total. The van der Waals surface area contributed by atoms with Crippen LogP contribution in [-0.2, 0) is 30.3 Å². The molecule has 0 saturated heterocycles. The Hall–Kier alpha value is -2.94. The fraction of sp³-hybridized carbons (Fsp3) is 0.565. The summed E-state index contributed by atoms with van der Waals surface area (Å²) in [6, 6.07) is 4.11. The van der Waals surface area contributed by atoms with Crippen molar-refractivity contribution in [1.29, 1.82) is 0 Å². The van der Waals surface area contributed by atoms with Crippen LogP contribution in [0, 0.1) is 0 Å². The van der Waals surface area contributed by atoms with Crippen molar-refractivity contribution in [2.45, 2.75) is 84.9 Å². The molecule has 0 bridgehead atoms. The Labute approximate surface area is 188 Å². The van der Waals surface area contributed by atoms with Gasteiger partial charge in [0.15, 0.2) is 11.5 Å². The van der Waals surface area contributed by atoms with Gasteiger partial charge in [0.1, 0.15) is 0 Å². The molecule has 0 saturated carbocycles. The van der Waals surface area contributed by atoms with Crippen molar-refractivity contribution < 1.29 is 38.5 Å². The van der Waals surface area contributed by atoms with Crippen LogP contribution in [0.5, 0.6) is 11.5 Å². The Kier molecular flexibility index (Phi) is 10.8. The van der Waals surface area contributed by atoms with Crippen LogP contribution >= 0.6 is 0 Å². The van der Waals surface area contributed by atoms with Crippen molar-refractivity contribution in [2.24, 2.45) is 0 Å². The van der Waals surface area contributed by atoms with E-state index in [4.69, 9.17) is 14.2 Å². The maximum atomic E-state index is 12.3. The number of ether oxygens (including phenoxy) is 3. The first-order chi connectivity index (χ1) is 15.1. The van der Waals surface area contributed by atoms with Gasteiger partial charge in [-0.15, -0.1) is 0 Å². The molecule has 0 radical (unpaired) electrons. The zero-order valence-corrected chi connectivity index (χ0v) is 19.4. The van der Waals surface area contributed by atoms with Crippen LogP contribution in [0.1, 0.15) is 72.3 Å². The minimum absolute atomic E-state index is 0.0149. The van der Waals surface area contributed by atoms with Crippen LogP contribution in [-0.4, -0.2) is 40.8 Å². The van der Waals surface area contributed by atoms with Gasteiger partial charge in [0.25, 0.3) is 5.72 Å². The van der Waals surface area contributed by atoms with E-state index >= 15 is 0 Å². The van der Waals surface area contributed by atoms with Gasteiger partial charge in [0, 0.05) is 31.7 Å². The second kappa shape index (κ2) is 12.8.